The standard InChI is InChI=1S/C23H21N3O3/c1-15-13-25(14-16(2)29-15)21-20(18-6-4-3-5-7-18)22(27)26(23(21)28)19-10-8-17(12-24)9-11-19/h3-11,15-16H,13-14H2,1-2H3. The van der Waals surface area contributed by atoms with Crippen LogP contribution in [0.1, 0.15) is 25.0 Å². The lowest BCUT2D eigenvalue weighted by Crippen LogP contribution is -2.47. The Morgan fingerprint density at radius 1 is 0.931 bits per heavy atom. The van der Waals surface area contributed by atoms with Crippen molar-refractivity contribution in [3.63, 3.8) is 0 Å². The van der Waals surface area contributed by atoms with Crippen LogP contribution in [0.4, 0.5) is 5.69 Å². The molecule has 2 atom stereocenters. The second-order valence-electron chi connectivity index (χ2n) is 7.36. The summed E-state index contributed by atoms with van der Waals surface area (Å²) in [6.07, 6.45) is -0.0923. The number of benzene rings is 2. The first-order valence-electron chi connectivity index (χ1n) is 9.58. The molecular weight excluding hydrogens is 366 g/mol. The lowest BCUT2D eigenvalue weighted by Gasteiger charge is -2.37. The molecule has 29 heavy (non-hydrogen) atoms. The quantitative estimate of drug-likeness (QED) is 0.757. The highest BCUT2D eigenvalue weighted by molar-refractivity contribution is 6.45. The Hall–Kier alpha value is -3.43. The Kier molecular flexibility index (Phi) is 4.91. The summed E-state index contributed by atoms with van der Waals surface area (Å²) in [6.45, 7) is 5.00. The van der Waals surface area contributed by atoms with Gasteiger partial charge in [-0.15, -0.1) is 0 Å². The van der Waals surface area contributed by atoms with Gasteiger partial charge in [0.25, 0.3) is 11.8 Å². The maximum absolute atomic E-state index is 13.5. The van der Waals surface area contributed by atoms with Crippen molar-refractivity contribution in [3.8, 4) is 6.07 Å². The van der Waals surface area contributed by atoms with E-state index in [0.717, 1.165) is 0 Å². The van der Waals surface area contributed by atoms with Gasteiger partial charge in [-0.05, 0) is 43.7 Å². The minimum atomic E-state index is -0.354. The van der Waals surface area contributed by atoms with Crippen molar-refractivity contribution in [3.05, 3.63) is 71.4 Å². The van der Waals surface area contributed by atoms with E-state index in [0.29, 0.717) is 41.2 Å². The molecule has 1 fully saturated rings. The lowest BCUT2D eigenvalue weighted by atomic mass is 10.0. The van der Waals surface area contributed by atoms with Gasteiger partial charge in [-0.25, -0.2) is 4.90 Å². The molecule has 146 valence electrons. The topological polar surface area (TPSA) is 73.6 Å². The number of ether oxygens (including phenoxy) is 1. The van der Waals surface area contributed by atoms with Gasteiger partial charge in [0.2, 0.25) is 0 Å². The van der Waals surface area contributed by atoms with E-state index in [1.54, 1.807) is 24.3 Å². The molecule has 0 N–H and O–H groups in total. The molecule has 0 spiro atoms. The molecule has 4 rings (SSSR count). The van der Waals surface area contributed by atoms with Crippen LogP contribution in [0.25, 0.3) is 5.57 Å². The number of hydrogen-bond acceptors (Lipinski definition) is 5. The average molecular weight is 387 g/mol. The fraction of sp³-hybridized carbons (Fsp3) is 0.261. The number of amides is 2. The van der Waals surface area contributed by atoms with E-state index >= 15 is 0 Å². The van der Waals surface area contributed by atoms with Gasteiger partial charge in [0.15, 0.2) is 0 Å². The van der Waals surface area contributed by atoms with Gasteiger partial charge >= 0.3 is 0 Å². The van der Waals surface area contributed by atoms with Gasteiger partial charge in [0.1, 0.15) is 5.70 Å². The lowest BCUT2D eigenvalue weighted by molar-refractivity contribution is -0.121. The van der Waals surface area contributed by atoms with E-state index in [4.69, 9.17) is 10.00 Å². The first-order chi connectivity index (χ1) is 14.0. The predicted octanol–water partition coefficient (Wildman–Crippen LogP) is 2.95. The van der Waals surface area contributed by atoms with E-state index in [-0.39, 0.29) is 24.0 Å². The molecule has 2 unspecified atom stereocenters. The van der Waals surface area contributed by atoms with E-state index in [1.807, 2.05) is 49.1 Å². The monoisotopic (exact) mass is 387 g/mol. The van der Waals surface area contributed by atoms with E-state index in [1.165, 1.54) is 4.90 Å². The molecule has 6 heteroatoms. The van der Waals surface area contributed by atoms with Crippen molar-refractivity contribution >= 4 is 23.1 Å². The molecular formula is C23H21N3O3. The summed E-state index contributed by atoms with van der Waals surface area (Å²) in [5, 5.41) is 9.03. The van der Waals surface area contributed by atoms with Crippen molar-refractivity contribution in [1.82, 2.24) is 4.90 Å². The van der Waals surface area contributed by atoms with Crippen LogP contribution in [0.3, 0.4) is 0 Å². The Morgan fingerprint density at radius 3 is 2.14 bits per heavy atom. The first-order valence-corrected chi connectivity index (χ1v) is 9.58. The molecule has 0 aliphatic carbocycles. The number of nitrogens with zero attached hydrogens (tertiary/aromatic N) is 3. The minimum absolute atomic E-state index is 0.0462. The normalized spacial score (nSPS) is 22.2. The molecule has 0 saturated carbocycles. The third-order valence-corrected chi connectivity index (χ3v) is 5.11. The third kappa shape index (κ3) is 3.41. The molecule has 2 aliphatic rings. The molecule has 0 bridgehead atoms. The number of hydrogen-bond donors (Lipinski definition) is 0. The van der Waals surface area contributed by atoms with Crippen LogP contribution in [0.2, 0.25) is 0 Å². The van der Waals surface area contributed by atoms with Gasteiger partial charge in [-0.3, -0.25) is 9.59 Å². The van der Waals surface area contributed by atoms with Crippen LogP contribution in [-0.4, -0.2) is 42.0 Å². The number of nitriles is 1. The fourth-order valence-electron chi connectivity index (χ4n) is 3.96. The number of imide groups is 1. The van der Waals surface area contributed by atoms with Crippen molar-refractivity contribution in [2.24, 2.45) is 0 Å². The van der Waals surface area contributed by atoms with E-state index in [2.05, 4.69) is 6.07 Å². The van der Waals surface area contributed by atoms with Gasteiger partial charge in [-0.1, -0.05) is 30.3 Å². The number of morpholine rings is 1. The summed E-state index contributed by atoms with van der Waals surface area (Å²) in [5.41, 5.74) is 2.45. The fourth-order valence-corrected chi connectivity index (χ4v) is 3.96. The molecule has 2 heterocycles. The molecule has 0 aromatic heterocycles. The summed E-state index contributed by atoms with van der Waals surface area (Å²) < 4.78 is 5.81. The van der Waals surface area contributed by atoms with Crippen LogP contribution in [0.5, 0.6) is 0 Å². The molecule has 6 nitrogen and oxygen atoms in total. The van der Waals surface area contributed by atoms with Crippen LogP contribution in [0, 0.1) is 11.3 Å². The van der Waals surface area contributed by atoms with Gasteiger partial charge in [-0.2, -0.15) is 5.26 Å². The van der Waals surface area contributed by atoms with Gasteiger partial charge < -0.3 is 9.64 Å². The zero-order chi connectivity index (χ0) is 20.5. The van der Waals surface area contributed by atoms with Crippen LogP contribution >= 0.6 is 0 Å². The summed E-state index contributed by atoms with van der Waals surface area (Å²) in [4.78, 5) is 30.0. The highest BCUT2D eigenvalue weighted by Gasteiger charge is 2.43. The van der Waals surface area contributed by atoms with Crippen LogP contribution in [0.15, 0.2) is 60.3 Å². The second-order valence-corrected chi connectivity index (χ2v) is 7.36. The van der Waals surface area contributed by atoms with Crippen LogP contribution in [-0.2, 0) is 14.3 Å². The Labute approximate surface area is 169 Å². The highest BCUT2D eigenvalue weighted by Crippen LogP contribution is 2.35. The molecule has 2 amide bonds. The van der Waals surface area contributed by atoms with Crippen molar-refractivity contribution < 1.29 is 14.3 Å². The Morgan fingerprint density at radius 2 is 1.55 bits per heavy atom. The van der Waals surface area contributed by atoms with Gasteiger partial charge in [0.05, 0.1) is 35.1 Å². The predicted molar refractivity (Wildman–Crippen MR) is 109 cm³/mol. The highest BCUT2D eigenvalue weighted by atomic mass is 16.5. The summed E-state index contributed by atoms with van der Waals surface area (Å²) in [6, 6.07) is 17.8. The maximum Gasteiger partial charge on any atom is 0.282 e. The molecule has 2 aromatic rings. The SMILES string of the molecule is CC1CN(C2=C(c3ccccc3)C(=O)N(c3ccc(C#N)cc3)C2=O)CC(C)O1. The molecule has 2 aromatic carbocycles. The number of carbonyl (C=O) groups excluding carboxylic acids is 2. The minimum Gasteiger partial charge on any atom is -0.372 e. The average Bonchev–Trinajstić information content (AvgIpc) is 2.98. The number of rotatable bonds is 3. The molecule has 1 saturated heterocycles. The van der Waals surface area contributed by atoms with Crippen molar-refractivity contribution in [2.45, 2.75) is 26.1 Å². The van der Waals surface area contributed by atoms with Crippen LogP contribution < -0.4 is 4.90 Å². The summed E-state index contributed by atoms with van der Waals surface area (Å²) >= 11 is 0. The Bertz CT molecular complexity index is 1010. The summed E-state index contributed by atoms with van der Waals surface area (Å²) in [7, 11) is 0. The zero-order valence-corrected chi connectivity index (χ0v) is 16.3. The largest absolute Gasteiger partial charge is 0.372 e. The molecule has 0 radical (unpaired) electrons. The smallest absolute Gasteiger partial charge is 0.282 e. The van der Waals surface area contributed by atoms with Crippen molar-refractivity contribution in [2.75, 3.05) is 18.0 Å². The number of anilines is 1. The first kappa shape index (κ1) is 18.9. The maximum atomic E-state index is 13.5. The Balaban J connectivity index is 1.81. The van der Waals surface area contributed by atoms with Gasteiger partial charge in [0, 0.05) is 13.1 Å². The van der Waals surface area contributed by atoms with E-state index in [9.17, 15) is 9.59 Å². The zero-order valence-electron chi connectivity index (χ0n) is 16.3. The number of carbonyl (C=O) groups is 2. The second kappa shape index (κ2) is 7.53. The van der Waals surface area contributed by atoms with E-state index < -0.39 is 0 Å². The summed E-state index contributed by atoms with van der Waals surface area (Å²) in [5.74, 6) is -0.701. The van der Waals surface area contributed by atoms with Crippen molar-refractivity contribution in [1.29, 1.82) is 5.26 Å². The molecule has 2 aliphatic heterocycles. The third-order valence-electron chi connectivity index (χ3n) is 5.11.